The van der Waals surface area contributed by atoms with Gasteiger partial charge in [-0.05, 0) is 24.3 Å². The molecule has 2 atom stereocenters. The molecule has 1 aromatic heterocycles. The van der Waals surface area contributed by atoms with Gasteiger partial charge in [-0.15, -0.1) is 0 Å². The third-order valence-corrected chi connectivity index (χ3v) is 4.73. The Hall–Kier alpha value is -2.25. The molecular weight excluding hydrogens is 323 g/mol. The van der Waals surface area contributed by atoms with Gasteiger partial charge in [0.15, 0.2) is 0 Å². The number of halogens is 1. The summed E-state index contributed by atoms with van der Waals surface area (Å²) in [4.78, 5) is 14.4. The van der Waals surface area contributed by atoms with Crippen molar-refractivity contribution < 1.29 is 13.9 Å². The second-order valence-electron chi connectivity index (χ2n) is 6.41. The molecule has 2 N–H and O–H groups in total. The molecule has 25 heavy (non-hydrogen) atoms. The van der Waals surface area contributed by atoms with Crippen LogP contribution in [-0.2, 0) is 16.1 Å². The van der Waals surface area contributed by atoms with Crippen molar-refractivity contribution in [3.05, 3.63) is 41.8 Å². The van der Waals surface area contributed by atoms with Crippen molar-refractivity contribution in [1.29, 1.82) is 0 Å². The van der Waals surface area contributed by atoms with E-state index in [0.29, 0.717) is 19.7 Å². The first-order chi connectivity index (χ1) is 12.1. The SMILES string of the molecule is CNC(=O)[C@@H]1CN(Cc2cn[nH]c2-c2ccc(F)cc2)C[C@H]1COC. The first-order valence-electron chi connectivity index (χ1n) is 8.33. The fourth-order valence-corrected chi connectivity index (χ4v) is 3.49. The van der Waals surface area contributed by atoms with E-state index in [0.717, 1.165) is 23.4 Å². The molecule has 1 aromatic carbocycles. The Morgan fingerprint density at radius 1 is 1.40 bits per heavy atom. The smallest absolute Gasteiger partial charge is 0.224 e. The number of aromatic amines is 1. The third kappa shape index (κ3) is 3.88. The second kappa shape index (κ2) is 7.76. The van der Waals surface area contributed by atoms with Gasteiger partial charge >= 0.3 is 0 Å². The molecule has 1 saturated heterocycles. The van der Waals surface area contributed by atoms with Crippen LogP contribution in [0.3, 0.4) is 0 Å². The van der Waals surface area contributed by atoms with Crippen LogP contribution in [0.2, 0.25) is 0 Å². The molecule has 3 rings (SSSR count). The van der Waals surface area contributed by atoms with Gasteiger partial charge in [-0.2, -0.15) is 5.10 Å². The van der Waals surface area contributed by atoms with Crippen LogP contribution in [0.15, 0.2) is 30.5 Å². The number of hydrogen-bond donors (Lipinski definition) is 2. The predicted octanol–water partition coefficient (Wildman–Crippen LogP) is 1.66. The minimum Gasteiger partial charge on any atom is -0.384 e. The highest BCUT2D eigenvalue weighted by molar-refractivity contribution is 5.79. The number of carbonyl (C=O) groups is 1. The zero-order chi connectivity index (χ0) is 17.8. The van der Waals surface area contributed by atoms with Gasteiger partial charge in [-0.1, -0.05) is 0 Å². The van der Waals surface area contributed by atoms with Crippen LogP contribution in [0.1, 0.15) is 5.56 Å². The van der Waals surface area contributed by atoms with E-state index < -0.39 is 0 Å². The summed E-state index contributed by atoms with van der Waals surface area (Å²) in [5.74, 6) is -0.118. The Bertz CT molecular complexity index is 716. The number of nitrogens with zero attached hydrogens (tertiary/aromatic N) is 2. The van der Waals surface area contributed by atoms with E-state index in [2.05, 4.69) is 20.4 Å². The highest BCUT2D eigenvalue weighted by atomic mass is 19.1. The monoisotopic (exact) mass is 346 g/mol. The summed E-state index contributed by atoms with van der Waals surface area (Å²) in [6.45, 7) is 2.71. The highest BCUT2D eigenvalue weighted by Gasteiger charge is 2.37. The van der Waals surface area contributed by atoms with Gasteiger partial charge in [0.25, 0.3) is 0 Å². The first-order valence-corrected chi connectivity index (χ1v) is 8.33. The van der Waals surface area contributed by atoms with Crippen LogP contribution in [-0.4, -0.2) is 54.9 Å². The van der Waals surface area contributed by atoms with Gasteiger partial charge in [-0.25, -0.2) is 4.39 Å². The van der Waals surface area contributed by atoms with E-state index in [1.807, 2.05) is 0 Å². The van der Waals surface area contributed by atoms with Crippen molar-refractivity contribution in [2.45, 2.75) is 6.54 Å². The van der Waals surface area contributed by atoms with Gasteiger partial charge in [0.2, 0.25) is 5.91 Å². The molecule has 134 valence electrons. The number of nitrogens with one attached hydrogen (secondary N) is 2. The van der Waals surface area contributed by atoms with E-state index in [9.17, 15) is 9.18 Å². The zero-order valence-corrected chi connectivity index (χ0v) is 14.5. The number of rotatable bonds is 6. The normalized spacial score (nSPS) is 20.8. The molecule has 2 aromatic rings. The Morgan fingerprint density at radius 2 is 2.16 bits per heavy atom. The van der Waals surface area contributed by atoms with Crippen LogP contribution >= 0.6 is 0 Å². The number of benzene rings is 1. The zero-order valence-electron chi connectivity index (χ0n) is 14.5. The summed E-state index contributed by atoms with van der Waals surface area (Å²) in [6.07, 6.45) is 1.79. The fourth-order valence-electron chi connectivity index (χ4n) is 3.49. The van der Waals surface area contributed by atoms with Crippen molar-refractivity contribution in [3.63, 3.8) is 0 Å². The summed E-state index contributed by atoms with van der Waals surface area (Å²) in [7, 11) is 3.32. The molecule has 0 bridgehead atoms. The summed E-state index contributed by atoms with van der Waals surface area (Å²) >= 11 is 0. The quantitative estimate of drug-likeness (QED) is 0.835. The first kappa shape index (κ1) is 17.6. The number of likely N-dealkylation sites (tertiary alicyclic amines) is 1. The van der Waals surface area contributed by atoms with Crippen LogP contribution in [0, 0.1) is 17.7 Å². The van der Waals surface area contributed by atoms with Crippen molar-refractivity contribution in [2.75, 3.05) is 33.9 Å². The number of H-pyrrole nitrogens is 1. The van der Waals surface area contributed by atoms with Crippen molar-refractivity contribution in [1.82, 2.24) is 20.4 Å². The minimum atomic E-state index is -0.264. The van der Waals surface area contributed by atoms with E-state index >= 15 is 0 Å². The molecule has 6 nitrogen and oxygen atoms in total. The largest absolute Gasteiger partial charge is 0.384 e. The van der Waals surface area contributed by atoms with E-state index in [1.165, 1.54) is 12.1 Å². The summed E-state index contributed by atoms with van der Waals surface area (Å²) in [6, 6.07) is 6.34. The molecule has 0 saturated carbocycles. The maximum Gasteiger partial charge on any atom is 0.224 e. The Labute approximate surface area is 146 Å². The van der Waals surface area contributed by atoms with Crippen molar-refractivity contribution in [3.8, 4) is 11.3 Å². The molecule has 1 aliphatic rings. The number of carbonyl (C=O) groups excluding carboxylic acids is 1. The minimum absolute atomic E-state index is 0.0514. The average Bonchev–Trinajstić information content (AvgIpc) is 3.23. The van der Waals surface area contributed by atoms with E-state index in [1.54, 1.807) is 32.5 Å². The lowest BCUT2D eigenvalue weighted by atomic mass is 9.96. The molecule has 0 spiro atoms. The number of amides is 1. The van der Waals surface area contributed by atoms with E-state index in [-0.39, 0.29) is 23.6 Å². The highest BCUT2D eigenvalue weighted by Crippen LogP contribution is 2.28. The Morgan fingerprint density at radius 3 is 2.84 bits per heavy atom. The van der Waals surface area contributed by atoms with Gasteiger partial charge < -0.3 is 10.1 Å². The molecule has 2 heterocycles. The number of methoxy groups -OCH3 is 1. The maximum atomic E-state index is 13.1. The lowest BCUT2D eigenvalue weighted by molar-refractivity contribution is -0.125. The van der Waals surface area contributed by atoms with Gasteiger partial charge in [-0.3, -0.25) is 14.8 Å². The van der Waals surface area contributed by atoms with Gasteiger partial charge in [0, 0.05) is 50.8 Å². The third-order valence-electron chi connectivity index (χ3n) is 4.73. The van der Waals surface area contributed by atoms with Gasteiger partial charge in [0.1, 0.15) is 5.82 Å². The Balaban J connectivity index is 1.74. The standard InChI is InChI=1S/C18H23FN4O2/c1-20-18(24)16-10-23(9-14(16)11-25-2)8-13-7-21-22-17(13)12-3-5-15(19)6-4-12/h3-7,14,16H,8-11H2,1-2H3,(H,20,24)(H,21,22)/t14-,16+/m0/s1. The molecule has 0 unspecified atom stereocenters. The predicted molar refractivity (Wildman–Crippen MR) is 92.2 cm³/mol. The lowest BCUT2D eigenvalue weighted by Crippen LogP contribution is -2.34. The molecule has 1 amide bonds. The van der Waals surface area contributed by atoms with Crippen LogP contribution in [0.25, 0.3) is 11.3 Å². The van der Waals surface area contributed by atoms with Crippen LogP contribution in [0.5, 0.6) is 0 Å². The Kier molecular flexibility index (Phi) is 5.45. The molecular formula is C18H23FN4O2. The lowest BCUT2D eigenvalue weighted by Gasteiger charge is -2.15. The van der Waals surface area contributed by atoms with Crippen molar-refractivity contribution >= 4 is 5.91 Å². The maximum absolute atomic E-state index is 13.1. The van der Waals surface area contributed by atoms with E-state index in [4.69, 9.17) is 4.74 Å². The molecule has 1 aliphatic heterocycles. The van der Waals surface area contributed by atoms with Crippen LogP contribution in [0.4, 0.5) is 4.39 Å². The summed E-state index contributed by atoms with van der Waals surface area (Å²) in [5.41, 5.74) is 2.80. The molecule has 0 aliphatic carbocycles. The summed E-state index contributed by atoms with van der Waals surface area (Å²) < 4.78 is 18.4. The molecule has 0 radical (unpaired) electrons. The summed E-state index contributed by atoms with van der Waals surface area (Å²) in [5, 5.41) is 9.88. The topological polar surface area (TPSA) is 70.2 Å². The average molecular weight is 346 g/mol. The van der Waals surface area contributed by atoms with Crippen LogP contribution < -0.4 is 5.32 Å². The number of ether oxygens (including phenoxy) is 1. The molecule has 1 fully saturated rings. The van der Waals surface area contributed by atoms with Gasteiger partial charge in [0.05, 0.1) is 24.4 Å². The number of hydrogen-bond acceptors (Lipinski definition) is 4. The van der Waals surface area contributed by atoms with Crippen molar-refractivity contribution in [2.24, 2.45) is 11.8 Å². The molecule has 7 heteroatoms. The fraction of sp³-hybridized carbons (Fsp3) is 0.444. The number of aromatic nitrogens is 2. The second-order valence-corrected chi connectivity index (χ2v) is 6.41.